The summed E-state index contributed by atoms with van der Waals surface area (Å²) in [5.74, 6) is 5.02. The van der Waals surface area contributed by atoms with Gasteiger partial charge >= 0.3 is 6.18 Å². The maximum Gasteiger partial charge on any atom is 0.416 e. The number of nitrogens with one attached hydrogen (secondary N) is 1. The normalized spacial score (nSPS) is 10.6. The zero-order valence-corrected chi connectivity index (χ0v) is 13.6. The number of alkyl halides is 3. The molecule has 1 amide bonds. The van der Waals surface area contributed by atoms with Gasteiger partial charge in [-0.1, -0.05) is 35.6 Å². The van der Waals surface area contributed by atoms with E-state index >= 15 is 0 Å². The van der Waals surface area contributed by atoms with Crippen molar-refractivity contribution in [2.45, 2.75) is 6.18 Å². The summed E-state index contributed by atoms with van der Waals surface area (Å²) in [5, 5.41) is 3.03. The van der Waals surface area contributed by atoms with Crippen LogP contribution in [0.3, 0.4) is 0 Å². The molecule has 0 unspecified atom stereocenters. The van der Waals surface area contributed by atoms with E-state index in [1.807, 2.05) is 0 Å². The van der Waals surface area contributed by atoms with Crippen LogP contribution in [0.2, 0.25) is 5.02 Å². The number of rotatable bonds is 4. The number of halogens is 4. The van der Waals surface area contributed by atoms with Crippen LogP contribution in [-0.4, -0.2) is 19.1 Å². The molecule has 0 bridgehead atoms. The lowest BCUT2D eigenvalue weighted by Crippen LogP contribution is -2.23. The van der Waals surface area contributed by atoms with Crippen molar-refractivity contribution in [3.63, 3.8) is 0 Å². The van der Waals surface area contributed by atoms with E-state index in [0.717, 1.165) is 12.1 Å². The van der Waals surface area contributed by atoms with Crippen LogP contribution < -0.4 is 10.1 Å². The monoisotopic (exact) mass is 367 g/mol. The summed E-state index contributed by atoms with van der Waals surface area (Å²) in [7, 11) is 0. The standard InChI is InChI=1S/C18H13ClF3NO2/c19-15-7-3-5-13(11-15)17(24)23-9-1-2-10-25-16-8-4-6-14(12-16)18(20,21)22/h3-8,11-12H,9-10H2,(H,23,24). The van der Waals surface area contributed by atoms with Gasteiger partial charge in [0, 0.05) is 10.6 Å². The highest BCUT2D eigenvalue weighted by Gasteiger charge is 2.30. The van der Waals surface area contributed by atoms with Crippen LogP contribution in [0.25, 0.3) is 0 Å². The molecule has 130 valence electrons. The molecule has 25 heavy (non-hydrogen) atoms. The fraction of sp³-hybridized carbons (Fsp3) is 0.167. The van der Waals surface area contributed by atoms with E-state index in [4.69, 9.17) is 16.3 Å². The van der Waals surface area contributed by atoms with E-state index in [9.17, 15) is 18.0 Å². The second-order valence-electron chi connectivity index (χ2n) is 4.86. The number of amides is 1. The lowest BCUT2D eigenvalue weighted by atomic mass is 10.2. The van der Waals surface area contributed by atoms with Crippen molar-refractivity contribution in [1.29, 1.82) is 0 Å². The van der Waals surface area contributed by atoms with Gasteiger partial charge in [0.05, 0.1) is 12.1 Å². The number of carbonyl (C=O) groups excluding carboxylic acids is 1. The van der Waals surface area contributed by atoms with Gasteiger partial charge in [-0.2, -0.15) is 13.2 Å². The van der Waals surface area contributed by atoms with Gasteiger partial charge < -0.3 is 10.1 Å². The summed E-state index contributed by atoms with van der Waals surface area (Å²) < 4.78 is 42.8. The van der Waals surface area contributed by atoms with Gasteiger partial charge in [-0.05, 0) is 36.4 Å². The largest absolute Gasteiger partial charge is 0.481 e. The average molecular weight is 368 g/mol. The topological polar surface area (TPSA) is 38.3 Å². The van der Waals surface area contributed by atoms with Crippen molar-refractivity contribution >= 4 is 17.5 Å². The lowest BCUT2D eigenvalue weighted by Gasteiger charge is -2.08. The smallest absolute Gasteiger partial charge is 0.416 e. The van der Waals surface area contributed by atoms with Crippen LogP contribution >= 0.6 is 11.6 Å². The molecule has 0 fully saturated rings. The van der Waals surface area contributed by atoms with Crippen molar-refractivity contribution in [2.75, 3.05) is 13.2 Å². The molecule has 1 N–H and O–H groups in total. The Morgan fingerprint density at radius 1 is 1.12 bits per heavy atom. The van der Waals surface area contributed by atoms with Crippen molar-refractivity contribution in [3.8, 4) is 17.6 Å². The van der Waals surface area contributed by atoms with Crippen molar-refractivity contribution in [1.82, 2.24) is 5.32 Å². The average Bonchev–Trinajstić information content (AvgIpc) is 2.57. The first-order chi connectivity index (χ1) is 11.9. The Morgan fingerprint density at radius 3 is 2.60 bits per heavy atom. The molecule has 0 spiro atoms. The molecule has 2 aromatic rings. The van der Waals surface area contributed by atoms with Crippen LogP contribution in [-0.2, 0) is 6.18 Å². The van der Waals surface area contributed by atoms with Crippen LogP contribution in [0, 0.1) is 11.8 Å². The molecular weight excluding hydrogens is 355 g/mol. The van der Waals surface area contributed by atoms with E-state index < -0.39 is 11.7 Å². The number of benzene rings is 2. The molecule has 0 saturated carbocycles. The van der Waals surface area contributed by atoms with Crippen LogP contribution in [0.5, 0.6) is 5.75 Å². The van der Waals surface area contributed by atoms with Crippen molar-refractivity contribution in [2.24, 2.45) is 0 Å². The molecule has 2 aromatic carbocycles. The Morgan fingerprint density at radius 2 is 1.88 bits per heavy atom. The fourth-order valence-electron chi connectivity index (χ4n) is 1.85. The molecule has 0 aliphatic carbocycles. The Balaban J connectivity index is 1.79. The zero-order chi connectivity index (χ0) is 18.3. The summed E-state index contributed by atoms with van der Waals surface area (Å²) >= 11 is 5.79. The van der Waals surface area contributed by atoms with Gasteiger partial charge in [0.1, 0.15) is 12.4 Å². The number of ether oxygens (including phenoxy) is 1. The fourth-order valence-corrected chi connectivity index (χ4v) is 2.04. The first-order valence-electron chi connectivity index (χ1n) is 7.16. The van der Waals surface area contributed by atoms with E-state index in [1.54, 1.807) is 18.2 Å². The second-order valence-corrected chi connectivity index (χ2v) is 5.30. The molecule has 7 heteroatoms. The van der Waals surface area contributed by atoms with Crippen molar-refractivity contribution in [3.05, 3.63) is 64.7 Å². The lowest BCUT2D eigenvalue weighted by molar-refractivity contribution is -0.137. The van der Waals surface area contributed by atoms with Gasteiger partial charge in [0.15, 0.2) is 0 Å². The predicted molar refractivity (Wildman–Crippen MR) is 88.5 cm³/mol. The Hall–Kier alpha value is -2.65. The van der Waals surface area contributed by atoms with Gasteiger partial charge in [0.2, 0.25) is 0 Å². The molecular formula is C18H13ClF3NO2. The zero-order valence-electron chi connectivity index (χ0n) is 12.9. The van der Waals surface area contributed by atoms with E-state index in [2.05, 4.69) is 17.2 Å². The van der Waals surface area contributed by atoms with E-state index in [-0.39, 0.29) is 24.8 Å². The quantitative estimate of drug-likeness (QED) is 0.824. The summed E-state index contributed by atoms with van der Waals surface area (Å²) in [6.45, 7) is -0.00829. The summed E-state index contributed by atoms with van der Waals surface area (Å²) in [4.78, 5) is 11.8. The van der Waals surface area contributed by atoms with Crippen LogP contribution in [0.1, 0.15) is 15.9 Å². The highest BCUT2D eigenvalue weighted by atomic mass is 35.5. The van der Waals surface area contributed by atoms with Gasteiger partial charge in [0.25, 0.3) is 5.91 Å². The Kier molecular flexibility index (Phi) is 6.31. The van der Waals surface area contributed by atoms with Crippen LogP contribution in [0.15, 0.2) is 48.5 Å². The summed E-state index contributed by atoms with van der Waals surface area (Å²) in [6.07, 6.45) is -4.42. The minimum Gasteiger partial charge on any atom is -0.481 e. The third-order valence-electron chi connectivity index (χ3n) is 3.02. The number of carbonyl (C=O) groups is 1. The SMILES string of the molecule is O=C(NCC#CCOc1cccc(C(F)(F)F)c1)c1cccc(Cl)c1. The second kappa shape index (κ2) is 8.45. The molecule has 0 aliphatic rings. The number of hydrogen-bond donors (Lipinski definition) is 1. The molecule has 0 aliphatic heterocycles. The third-order valence-corrected chi connectivity index (χ3v) is 3.26. The molecule has 0 aromatic heterocycles. The molecule has 0 atom stereocenters. The first kappa shape index (κ1) is 18.7. The van der Waals surface area contributed by atoms with E-state index in [0.29, 0.717) is 10.6 Å². The minimum absolute atomic E-state index is 0.0760. The van der Waals surface area contributed by atoms with Gasteiger partial charge in [-0.3, -0.25) is 4.79 Å². The first-order valence-corrected chi connectivity index (χ1v) is 7.53. The van der Waals surface area contributed by atoms with Crippen LogP contribution in [0.4, 0.5) is 13.2 Å². The van der Waals surface area contributed by atoms with Crippen molar-refractivity contribution < 1.29 is 22.7 Å². The maximum absolute atomic E-state index is 12.6. The highest BCUT2D eigenvalue weighted by Crippen LogP contribution is 2.31. The molecule has 0 radical (unpaired) electrons. The Labute approximate surface area is 147 Å². The molecule has 2 rings (SSSR count). The third kappa shape index (κ3) is 6.05. The summed E-state index contributed by atoms with van der Waals surface area (Å²) in [6, 6.07) is 11.0. The Bertz CT molecular complexity index is 810. The molecule has 3 nitrogen and oxygen atoms in total. The minimum atomic E-state index is -4.42. The summed E-state index contributed by atoms with van der Waals surface area (Å²) in [5.41, 5.74) is -0.374. The van der Waals surface area contributed by atoms with Gasteiger partial charge in [-0.15, -0.1) is 0 Å². The number of hydrogen-bond acceptors (Lipinski definition) is 2. The van der Waals surface area contributed by atoms with E-state index in [1.165, 1.54) is 18.2 Å². The maximum atomic E-state index is 12.6. The molecule has 0 saturated heterocycles. The van der Waals surface area contributed by atoms with Gasteiger partial charge in [-0.25, -0.2) is 0 Å². The highest BCUT2D eigenvalue weighted by molar-refractivity contribution is 6.30. The molecule has 0 heterocycles. The predicted octanol–water partition coefficient (Wildman–Crippen LogP) is 4.17.